The largest absolute Gasteiger partial charge is 6.00 e. The fraction of sp³-hybridized carbons (Fsp3) is 0.200. The van der Waals surface area contributed by atoms with Crippen molar-refractivity contribution in [1.29, 1.82) is 0 Å². The maximum atomic E-state index is 10.2. The van der Waals surface area contributed by atoms with Gasteiger partial charge in [-0.05, 0) is 34.2 Å². The predicted octanol–water partition coefficient (Wildman–Crippen LogP) is 7.83. The summed E-state index contributed by atoms with van der Waals surface area (Å²) in [6.07, 6.45) is 4.90. The number of carbonyl (C=O) groups excluding carboxylic acids is 2. The molecular formula is C35H40N10O4Ru2. The SMILES string of the molecule is C.O=COc1ccnc(-c2cc(OC=O)ccn2)c1.[CH2-]CC[CH2-].[NH-]CC[NH-].[NH-]CC[NH-].[Ru+2].[Ru+6].c1ccc2[n-]c(-c3nc4ccccc4[n-]3)nc2c1. The van der Waals surface area contributed by atoms with Crippen LogP contribution in [0.3, 0.4) is 0 Å². The number of pyridine rings is 2. The van der Waals surface area contributed by atoms with E-state index in [2.05, 4.69) is 43.8 Å². The molecule has 0 saturated carbocycles. The molecule has 0 atom stereocenters. The number of aromatic nitrogens is 6. The molecule has 270 valence electrons. The Hall–Kier alpha value is -4.29. The van der Waals surface area contributed by atoms with E-state index in [1.54, 1.807) is 24.3 Å². The van der Waals surface area contributed by atoms with Crippen molar-refractivity contribution in [2.45, 2.75) is 20.3 Å². The molecule has 0 aliphatic carbocycles. The van der Waals surface area contributed by atoms with Crippen molar-refractivity contribution in [1.82, 2.24) is 29.9 Å². The van der Waals surface area contributed by atoms with Gasteiger partial charge in [0.2, 0.25) is 0 Å². The van der Waals surface area contributed by atoms with Crippen LogP contribution in [0.2, 0.25) is 0 Å². The molecular weight excluding hydrogens is 827 g/mol. The number of benzene rings is 2. The number of hydrogen-bond donors (Lipinski definition) is 0. The van der Waals surface area contributed by atoms with Gasteiger partial charge in [-0.15, -0.1) is 0 Å². The summed E-state index contributed by atoms with van der Waals surface area (Å²) in [5.41, 5.74) is 29.6. The Morgan fingerprint density at radius 3 is 1.27 bits per heavy atom. The van der Waals surface area contributed by atoms with Gasteiger partial charge in [-0.1, -0.05) is 67.6 Å². The van der Waals surface area contributed by atoms with Gasteiger partial charge < -0.3 is 66.2 Å². The molecule has 4 heterocycles. The summed E-state index contributed by atoms with van der Waals surface area (Å²) in [5.74, 6) is 1.90. The molecule has 0 bridgehead atoms. The van der Waals surface area contributed by atoms with Gasteiger partial charge in [0.15, 0.2) is 0 Å². The van der Waals surface area contributed by atoms with Crippen LogP contribution in [0.4, 0.5) is 0 Å². The van der Waals surface area contributed by atoms with Gasteiger partial charge in [0.25, 0.3) is 12.9 Å². The Kier molecular flexibility index (Phi) is 28.2. The van der Waals surface area contributed by atoms with Gasteiger partial charge in [-0.3, -0.25) is 19.6 Å². The van der Waals surface area contributed by atoms with Crippen LogP contribution in [-0.4, -0.2) is 59.1 Å². The maximum absolute atomic E-state index is 10.2. The van der Waals surface area contributed by atoms with Crippen molar-refractivity contribution in [2.75, 3.05) is 26.2 Å². The standard InChI is InChI=1S/C14H8N4.C12H8N2O4.C4H8.2C2H6N2.CH4.2Ru/c1-2-6-10-9(5-1)15-13(16-10)14-17-11-7-3-4-8-12(11)18-14;15-7-17-9-1-3-13-11(5-9)12-6-10(18-8-16)2-4-14-12;1-3-4-2;2*3-1-2-4;;;/h2*1-8H;1-4H2;2*3-4H,1-2H2;1H4;;/q-2;;3*-2;;+2;+6. The van der Waals surface area contributed by atoms with E-state index < -0.39 is 0 Å². The van der Waals surface area contributed by atoms with Crippen LogP contribution in [0, 0.1) is 13.8 Å². The van der Waals surface area contributed by atoms with Crippen LogP contribution in [0.5, 0.6) is 11.5 Å². The monoisotopic (exact) mass is 868 g/mol. The van der Waals surface area contributed by atoms with Crippen molar-refractivity contribution in [3.8, 4) is 34.5 Å². The number of fused-ring (bicyclic) bond motifs is 2. The Morgan fingerprint density at radius 1 is 0.627 bits per heavy atom. The van der Waals surface area contributed by atoms with Crippen LogP contribution in [0.25, 0.3) is 68.0 Å². The number of rotatable bonds is 9. The molecule has 0 amide bonds. The van der Waals surface area contributed by atoms with Gasteiger partial charge >= 0.3 is 39.0 Å². The zero-order chi connectivity index (χ0) is 35.0. The van der Waals surface area contributed by atoms with Crippen LogP contribution in [0.1, 0.15) is 20.3 Å². The molecule has 0 spiro atoms. The fourth-order valence-electron chi connectivity index (χ4n) is 3.37. The molecule has 6 rings (SSSR count). The molecule has 2 aromatic carbocycles. The second-order valence-corrected chi connectivity index (χ2v) is 8.96. The first-order chi connectivity index (χ1) is 23.5. The second-order valence-electron chi connectivity index (χ2n) is 8.96. The Morgan fingerprint density at radius 2 is 0.980 bits per heavy atom. The summed E-state index contributed by atoms with van der Waals surface area (Å²) < 4.78 is 9.42. The Bertz CT molecular complexity index is 1580. The van der Waals surface area contributed by atoms with E-state index in [4.69, 9.17) is 32.4 Å². The number of hydrogen-bond acceptors (Lipinski definition) is 8. The average Bonchev–Trinajstić information content (AvgIpc) is 3.78. The van der Waals surface area contributed by atoms with Crippen molar-refractivity contribution in [2.24, 2.45) is 0 Å². The zero-order valence-electron chi connectivity index (χ0n) is 26.9. The first-order valence-corrected chi connectivity index (χ1v) is 14.6. The van der Waals surface area contributed by atoms with Gasteiger partial charge in [0, 0.05) is 24.5 Å². The van der Waals surface area contributed by atoms with Crippen LogP contribution < -0.4 is 19.4 Å². The topological polar surface area (TPSA) is 228 Å². The quantitative estimate of drug-likeness (QED) is 0.0777. The third-order valence-corrected chi connectivity index (χ3v) is 5.46. The van der Waals surface area contributed by atoms with E-state index in [0.717, 1.165) is 34.9 Å². The van der Waals surface area contributed by atoms with Crippen LogP contribution in [0.15, 0.2) is 85.2 Å². The van der Waals surface area contributed by atoms with E-state index in [9.17, 15) is 9.59 Å². The van der Waals surface area contributed by atoms with E-state index in [0.29, 0.717) is 47.5 Å². The smallest absolute Gasteiger partial charge is 0.679 e. The minimum absolute atomic E-state index is 0. The number of carbonyl (C=O) groups is 2. The Balaban J connectivity index is 0. The zero-order valence-corrected chi connectivity index (χ0v) is 30.4. The number of nitrogens with zero attached hydrogens (tertiary/aromatic N) is 6. The molecule has 14 nitrogen and oxygen atoms in total. The van der Waals surface area contributed by atoms with Gasteiger partial charge in [0.05, 0.1) is 11.4 Å². The van der Waals surface area contributed by atoms with Crippen LogP contribution >= 0.6 is 0 Å². The normalized spacial score (nSPS) is 9.14. The molecule has 0 radical (unpaired) electrons. The Labute approximate surface area is 324 Å². The van der Waals surface area contributed by atoms with Gasteiger partial charge in [-0.25, -0.2) is 12.8 Å². The second kappa shape index (κ2) is 29.4. The number of nitrogens with one attached hydrogen (secondary N) is 4. The molecule has 16 heteroatoms. The summed E-state index contributed by atoms with van der Waals surface area (Å²) in [6.45, 7) is 8.69. The van der Waals surface area contributed by atoms with E-state index >= 15 is 0 Å². The molecule has 4 N–H and O–H groups in total. The minimum Gasteiger partial charge on any atom is -0.679 e. The first kappa shape index (κ1) is 48.8. The fourth-order valence-corrected chi connectivity index (χ4v) is 3.37. The third kappa shape index (κ3) is 17.5. The van der Waals surface area contributed by atoms with Gasteiger partial charge in [-0.2, -0.15) is 26.2 Å². The van der Waals surface area contributed by atoms with Crippen molar-refractivity contribution >= 4 is 35.0 Å². The molecule has 6 aromatic rings. The van der Waals surface area contributed by atoms with Crippen molar-refractivity contribution in [3.63, 3.8) is 0 Å². The summed E-state index contributed by atoms with van der Waals surface area (Å²) >= 11 is 0. The number of ether oxygens (including phenoxy) is 2. The number of imidazole rings is 2. The molecule has 0 unspecified atom stereocenters. The molecule has 4 aromatic heterocycles. The number of unbranched alkanes of at least 4 members (excludes halogenated alkanes) is 1. The number of para-hydroxylation sites is 4. The van der Waals surface area contributed by atoms with E-state index in [-0.39, 0.29) is 72.6 Å². The minimum atomic E-state index is 0. The molecule has 0 aliphatic heterocycles. The van der Waals surface area contributed by atoms with Crippen molar-refractivity contribution < 1.29 is 58.0 Å². The van der Waals surface area contributed by atoms with Gasteiger partial charge in [0.1, 0.15) is 11.5 Å². The summed E-state index contributed by atoms with van der Waals surface area (Å²) in [4.78, 5) is 46.4. The molecule has 0 aliphatic rings. The summed E-state index contributed by atoms with van der Waals surface area (Å²) in [5, 5.41) is 0. The van der Waals surface area contributed by atoms with Crippen molar-refractivity contribution in [3.05, 3.63) is 122 Å². The average molecular weight is 867 g/mol. The van der Waals surface area contributed by atoms with E-state index in [1.165, 1.54) is 12.4 Å². The van der Waals surface area contributed by atoms with Crippen LogP contribution in [-0.2, 0) is 48.5 Å². The first-order valence-electron chi connectivity index (χ1n) is 14.6. The maximum Gasteiger partial charge on any atom is 6.00 e. The molecule has 0 fully saturated rings. The summed E-state index contributed by atoms with van der Waals surface area (Å²) in [6, 6.07) is 21.8. The predicted molar refractivity (Wildman–Crippen MR) is 193 cm³/mol. The third-order valence-electron chi connectivity index (χ3n) is 5.46. The molecule has 0 saturated heterocycles. The molecule has 51 heavy (non-hydrogen) atoms. The van der Waals surface area contributed by atoms with E-state index in [1.807, 2.05) is 48.5 Å². The summed E-state index contributed by atoms with van der Waals surface area (Å²) in [7, 11) is 0.